The Balaban J connectivity index is 2.20. The van der Waals surface area contributed by atoms with Crippen molar-refractivity contribution in [2.75, 3.05) is 5.32 Å². The van der Waals surface area contributed by atoms with Crippen LogP contribution in [0.5, 0.6) is 0 Å². The van der Waals surface area contributed by atoms with Gasteiger partial charge >= 0.3 is 0 Å². The number of halogens is 3. The molecule has 4 heteroatoms. The fourth-order valence-electron chi connectivity index (χ4n) is 1.86. The van der Waals surface area contributed by atoms with Gasteiger partial charge in [-0.1, -0.05) is 39.7 Å². The molecule has 0 radical (unpaired) electrons. The van der Waals surface area contributed by atoms with Crippen LogP contribution < -0.4 is 5.32 Å². The lowest BCUT2D eigenvalue weighted by molar-refractivity contribution is 0.626. The third-order valence-electron chi connectivity index (χ3n) is 2.98. The summed E-state index contributed by atoms with van der Waals surface area (Å²) in [6, 6.07) is 10.5. The van der Waals surface area contributed by atoms with Gasteiger partial charge in [-0.25, -0.2) is 4.39 Å². The van der Waals surface area contributed by atoms with E-state index in [1.54, 1.807) is 6.07 Å². The van der Waals surface area contributed by atoms with Crippen molar-refractivity contribution in [3.63, 3.8) is 0 Å². The maximum Gasteiger partial charge on any atom is 0.124 e. The zero-order valence-electron chi connectivity index (χ0n) is 10.7. The third kappa shape index (κ3) is 3.48. The first-order valence-electron chi connectivity index (χ1n) is 5.95. The third-order valence-corrected chi connectivity index (χ3v) is 4.17. The van der Waals surface area contributed by atoms with Crippen LogP contribution in [0.3, 0.4) is 0 Å². The first-order chi connectivity index (χ1) is 8.97. The van der Waals surface area contributed by atoms with Gasteiger partial charge in [0.15, 0.2) is 0 Å². The molecular formula is C15H14BrClFN. The zero-order valence-corrected chi connectivity index (χ0v) is 13.0. The molecule has 0 fully saturated rings. The molecule has 1 unspecified atom stereocenters. The molecule has 0 saturated carbocycles. The normalized spacial score (nSPS) is 12.3. The molecule has 0 aliphatic rings. The summed E-state index contributed by atoms with van der Waals surface area (Å²) in [7, 11) is 0. The molecule has 0 saturated heterocycles. The molecular weight excluding hydrogens is 329 g/mol. The molecule has 2 aromatic carbocycles. The van der Waals surface area contributed by atoms with Crippen molar-refractivity contribution in [1.82, 2.24) is 0 Å². The summed E-state index contributed by atoms with van der Waals surface area (Å²) in [5.74, 6) is -0.320. The molecule has 0 heterocycles. The van der Waals surface area contributed by atoms with E-state index in [9.17, 15) is 4.39 Å². The van der Waals surface area contributed by atoms with Gasteiger partial charge in [-0.05, 0) is 49.2 Å². The van der Waals surface area contributed by atoms with Gasteiger partial charge in [0.1, 0.15) is 5.82 Å². The van der Waals surface area contributed by atoms with Crippen molar-refractivity contribution in [2.45, 2.75) is 19.9 Å². The van der Waals surface area contributed by atoms with Gasteiger partial charge in [0, 0.05) is 21.2 Å². The summed E-state index contributed by atoms with van der Waals surface area (Å²) >= 11 is 9.56. The molecule has 2 rings (SSSR count). The maximum absolute atomic E-state index is 13.0. The fourth-order valence-corrected chi connectivity index (χ4v) is 2.57. The van der Waals surface area contributed by atoms with Crippen LogP contribution in [0.4, 0.5) is 10.1 Å². The number of hydrogen-bond donors (Lipinski definition) is 1. The second kappa shape index (κ2) is 5.93. The molecule has 1 nitrogen and oxygen atoms in total. The number of rotatable bonds is 3. The number of anilines is 1. The quantitative estimate of drug-likeness (QED) is 0.752. The molecule has 0 amide bonds. The lowest BCUT2D eigenvalue weighted by atomic mass is 10.1. The molecule has 19 heavy (non-hydrogen) atoms. The molecule has 0 aliphatic carbocycles. The van der Waals surface area contributed by atoms with E-state index in [-0.39, 0.29) is 11.9 Å². The fraction of sp³-hybridized carbons (Fsp3) is 0.200. The predicted molar refractivity (Wildman–Crippen MR) is 82.3 cm³/mol. The van der Waals surface area contributed by atoms with Crippen molar-refractivity contribution in [3.05, 3.63) is 62.8 Å². The molecule has 0 spiro atoms. The number of benzene rings is 2. The summed E-state index contributed by atoms with van der Waals surface area (Å²) < 4.78 is 14.1. The van der Waals surface area contributed by atoms with E-state index >= 15 is 0 Å². The van der Waals surface area contributed by atoms with E-state index < -0.39 is 0 Å². The minimum Gasteiger partial charge on any atom is -0.378 e. The second-order valence-corrected chi connectivity index (χ2v) is 5.76. The van der Waals surface area contributed by atoms with Crippen LogP contribution >= 0.6 is 27.5 Å². The van der Waals surface area contributed by atoms with Gasteiger partial charge in [0.25, 0.3) is 0 Å². The van der Waals surface area contributed by atoms with Crippen molar-refractivity contribution in [1.29, 1.82) is 0 Å². The smallest absolute Gasteiger partial charge is 0.124 e. The molecule has 0 bridgehead atoms. The Morgan fingerprint density at radius 3 is 2.58 bits per heavy atom. The molecule has 1 N–H and O–H groups in total. The molecule has 100 valence electrons. The van der Waals surface area contributed by atoms with Crippen LogP contribution in [0, 0.1) is 12.7 Å². The molecule has 0 aliphatic heterocycles. The second-order valence-electron chi connectivity index (χ2n) is 4.50. The predicted octanol–water partition coefficient (Wildman–Crippen LogP) is 5.72. The zero-order chi connectivity index (χ0) is 14.0. The minimum absolute atomic E-state index is 0.00251. The highest BCUT2D eigenvalue weighted by atomic mass is 79.9. The SMILES string of the molecule is Cc1ccc(NC(C)c2ccc(F)cc2Cl)cc1Br. The van der Waals surface area contributed by atoms with Gasteiger partial charge in [-0.2, -0.15) is 0 Å². The standard InChI is InChI=1S/C15H14BrClFN/c1-9-3-5-12(8-14(9)16)19-10(2)13-6-4-11(18)7-15(13)17/h3-8,10,19H,1-2H3. The Morgan fingerprint density at radius 2 is 1.95 bits per heavy atom. The molecule has 2 aromatic rings. The van der Waals surface area contributed by atoms with Crippen molar-refractivity contribution in [3.8, 4) is 0 Å². The van der Waals surface area contributed by atoms with Gasteiger partial charge in [0.2, 0.25) is 0 Å². The van der Waals surface area contributed by atoms with E-state index in [2.05, 4.69) is 21.2 Å². The van der Waals surface area contributed by atoms with E-state index in [0.717, 1.165) is 15.7 Å². The summed E-state index contributed by atoms with van der Waals surface area (Å²) in [6.45, 7) is 4.03. The summed E-state index contributed by atoms with van der Waals surface area (Å²) in [5.41, 5.74) is 3.04. The first kappa shape index (κ1) is 14.4. The highest BCUT2D eigenvalue weighted by Crippen LogP contribution is 2.28. The minimum atomic E-state index is -0.320. The van der Waals surface area contributed by atoms with E-state index in [1.165, 1.54) is 17.7 Å². The summed E-state index contributed by atoms with van der Waals surface area (Å²) in [4.78, 5) is 0. The molecule has 1 atom stereocenters. The van der Waals surface area contributed by atoms with Crippen LogP contribution in [-0.4, -0.2) is 0 Å². The average molecular weight is 343 g/mol. The average Bonchev–Trinajstić information content (AvgIpc) is 2.33. The van der Waals surface area contributed by atoms with Crippen molar-refractivity contribution < 1.29 is 4.39 Å². The van der Waals surface area contributed by atoms with Crippen LogP contribution in [0.2, 0.25) is 5.02 Å². The lowest BCUT2D eigenvalue weighted by Gasteiger charge is -2.17. The number of nitrogens with one attached hydrogen (secondary N) is 1. The van der Waals surface area contributed by atoms with Crippen LogP contribution in [-0.2, 0) is 0 Å². The van der Waals surface area contributed by atoms with E-state index in [0.29, 0.717) is 5.02 Å². The summed E-state index contributed by atoms with van der Waals surface area (Å²) in [6.07, 6.45) is 0. The first-order valence-corrected chi connectivity index (χ1v) is 7.12. The monoisotopic (exact) mass is 341 g/mol. The summed E-state index contributed by atoms with van der Waals surface area (Å²) in [5, 5.41) is 3.79. The van der Waals surface area contributed by atoms with Crippen LogP contribution in [0.1, 0.15) is 24.1 Å². The van der Waals surface area contributed by atoms with Crippen molar-refractivity contribution >= 4 is 33.2 Å². The Kier molecular flexibility index (Phi) is 4.48. The topological polar surface area (TPSA) is 12.0 Å². The van der Waals surface area contributed by atoms with Crippen LogP contribution in [0.25, 0.3) is 0 Å². The van der Waals surface area contributed by atoms with Gasteiger partial charge in [0.05, 0.1) is 0 Å². The Morgan fingerprint density at radius 1 is 1.21 bits per heavy atom. The van der Waals surface area contributed by atoms with E-state index in [4.69, 9.17) is 11.6 Å². The van der Waals surface area contributed by atoms with E-state index in [1.807, 2.05) is 32.0 Å². The van der Waals surface area contributed by atoms with Gasteiger partial charge in [-0.3, -0.25) is 0 Å². The largest absolute Gasteiger partial charge is 0.378 e. The van der Waals surface area contributed by atoms with Crippen molar-refractivity contribution in [2.24, 2.45) is 0 Å². The Hall–Kier alpha value is -1.06. The Labute approximate surface area is 125 Å². The van der Waals surface area contributed by atoms with Crippen LogP contribution in [0.15, 0.2) is 40.9 Å². The highest BCUT2D eigenvalue weighted by molar-refractivity contribution is 9.10. The van der Waals surface area contributed by atoms with Gasteiger partial charge in [-0.15, -0.1) is 0 Å². The number of hydrogen-bond acceptors (Lipinski definition) is 1. The number of aryl methyl sites for hydroxylation is 1. The Bertz CT molecular complexity index is 601. The molecule has 0 aromatic heterocycles. The highest BCUT2D eigenvalue weighted by Gasteiger charge is 2.10. The van der Waals surface area contributed by atoms with Gasteiger partial charge < -0.3 is 5.32 Å². The maximum atomic E-state index is 13.0. The lowest BCUT2D eigenvalue weighted by Crippen LogP contribution is -2.07.